The van der Waals surface area contributed by atoms with E-state index in [0.29, 0.717) is 12.5 Å². The average Bonchev–Trinajstić information content (AvgIpc) is 2.95. The Morgan fingerprint density at radius 3 is 2.68 bits per heavy atom. The highest BCUT2D eigenvalue weighted by Gasteiger charge is 2.15. The van der Waals surface area contributed by atoms with E-state index in [1.165, 1.54) is 37.9 Å². The maximum Gasteiger partial charge on any atom is 0.220 e. The summed E-state index contributed by atoms with van der Waals surface area (Å²) in [7, 11) is 0. The molecule has 0 bridgehead atoms. The fraction of sp³-hybridized carbons (Fsp3) is 0.500. The molecule has 0 spiro atoms. The second-order valence-electron chi connectivity index (χ2n) is 10.4. The first-order valence-electron chi connectivity index (χ1n) is 14.0. The Bertz CT molecular complexity index is 1150. The van der Waals surface area contributed by atoms with Crippen LogP contribution < -0.4 is 16.0 Å². The van der Waals surface area contributed by atoms with E-state index in [-0.39, 0.29) is 5.91 Å². The first kappa shape index (κ1) is 25.6. The standard InChI is InChI=1S/C30H40N6O/c37-30(34-25-11-15-31-16-12-25)10-7-23-5-8-24(9-6-23)28-21-29(26-22-32-17-13-27(26)35-28)33-14-4-20-36-18-2-1-3-19-36/h5-6,8-9,13,17,21-22,25,31H,1-4,7,10-12,14-16,18-20H2,(H,33,35)(H,34,37). The third-order valence-electron chi connectivity index (χ3n) is 7.62. The predicted molar refractivity (Wildman–Crippen MR) is 151 cm³/mol. The van der Waals surface area contributed by atoms with E-state index in [1.54, 1.807) is 6.20 Å². The van der Waals surface area contributed by atoms with Gasteiger partial charge in [-0.3, -0.25) is 9.78 Å². The smallest absolute Gasteiger partial charge is 0.220 e. The fourth-order valence-corrected chi connectivity index (χ4v) is 5.44. The first-order chi connectivity index (χ1) is 18.2. The zero-order valence-electron chi connectivity index (χ0n) is 21.8. The van der Waals surface area contributed by atoms with Crippen LogP contribution in [0.5, 0.6) is 0 Å². The van der Waals surface area contributed by atoms with Crippen molar-refractivity contribution in [1.29, 1.82) is 0 Å². The molecule has 5 rings (SSSR count). The number of piperidine rings is 2. The van der Waals surface area contributed by atoms with Crippen molar-refractivity contribution in [3.63, 3.8) is 0 Å². The van der Waals surface area contributed by atoms with Gasteiger partial charge in [0, 0.05) is 48.0 Å². The molecule has 1 amide bonds. The number of nitrogens with zero attached hydrogens (tertiary/aromatic N) is 3. The van der Waals surface area contributed by atoms with E-state index in [1.807, 2.05) is 12.3 Å². The SMILES string of the molecule is O=C(CCc1ccc(-c2cc(NCCCN3CCCCC3)c3cnccc3n2)cc1)NC1CCNCC1. The number of rotatable bonds is 10. The van der Waals surface area contributed by atoms with Gasteiger partial charge in [-0.1, -0.05) is 30.7 Å². The minimum absolute atomic E-state index is 0.150. The van der Waals surface area contributed by atoms with E-state index in [2.05, 4.69) is 56.2 Å². The van der Waals surface area contributed by atoms with Crippen molar-refractivity contribution in [2.24, 2.45) is 0 Å². The molecule has 0 radical (unpaired) electrons. The lowest BCUT2D eigenvalue weighted by molar-refractivity contribution is -0.121. The molecule has 2 aliphatic heterocycles. The van der Waals surface area contributed by atoms with Crippen molar-refractivity contribution in [1.82, 2.24) is 25.5 Å². The first-order valence-corrected chi connectivity index (χ1v) is 14.0. The maximum absolute atomic E-state index is 12.4. The predicted octanol–water partition coefficient (Wildman–Crippen LogP) is 4.39. The van der Waals surface area contributed by atoms with Crippen LogP contribution in [0.25, 0.3) is 22.2 Å². The largest absolute Gasteiger partial charge is 0.384 e. The molecule has 4 heterocycles. The third-order valence-corrected chi connectivity index (χ3v) is 7.62. The molecule has 7 heteroatoms. The number of hydrogen-bond acceptors (Lipinski definition) is 6. The van der Waals surface area contributed by atoms with Crippen molar-refractivity contribution in [2.45, 2.75) is 57.4 Å². The third kappa shape index (κ3) is 7.27. The summed E-state index contributed by atoms with van der Waals surface area (Å²) in [6.07, 6.45) is 12.2. The van der Waals surface area contributed by atoms with Crippen LogP contribution >= 0.6 is 0 Å². The lowest BCUT2D eigenvalue weighted by Gasteiger charge is -2.26. The molecule has 0 saturated carbocycles. The summed E-state index contributed by atoms with van der Waals surface area (Å²) >= 11 is 0. The molecule has 3 N–H and O–H groups in total. The number of hydrogen-bond donors (Lipinski definition) is 3. The number of carbonyl (C=O) groups excluding carboxylic acids is 1. The topological polar surface area (TPSA) is 82.2 Å². The number of aromatic nitrogens is 2. The second kappa shape index (κ2) is 13.0. The van der Waals surface area contributed by atoms with Gasteiger partial charge in [0.1, 0.15) is 0 Å². The number of aryl methyl sites for hydroxylation is 1. The van der Waals surface area contributed by atoms with Crippen molar-refractivity contribution in [3.05, 3.63) is 54.4 Å². The Morgan fingerprint density at radius 1 is 1.05 bits per heavy atom. The van der Waals surface area contributed by atoms with Crippen LogP contribution in [0.4, 0.5) is 5.69 Å². The van der Waals surface area contributed by atoms with Crippen LogP contribution in [0.15, 0.2) is 48.8 Å². The fourth-order valence-electron chi connectivity index (χ4n) is 5.44. The van der Waals surface area contributed by atoms with Crippen molar-refractivity contribution in [2.75, 3.05) is 44.6 Å². The van der Waals surface area contributed by atoms with Crippen LogP contribution in [0.3, 0.4) is 0 Å². The Balaban J connectivity index is 1.19. The molecule has 2 aromatic heterocycles. The maximum atomic E-state index is 12.4. The molecule has 2 aliphatic rings. The van der Waals surface area contributed by atoms with Crippen LogP contribution in [-0.2, 0) is 11.2 Å². The normalized spacial score (nSPS) is 17.1. The zero-order valence-corrected chi connectivity index (χ0v) is 21.8. The van der Waals surface area contributed by atoms with Crippen molar-refractivity contribution in [3.8, 4) is 11.3 Å². The minimum Gasteiger partial charge on any atom is -0.384 e. The van der Waals surface area contributed by atoms with Gasteiger partial charge < -0.3 is 20.9 Å². The molecule has 2 fully saturated rings. The Morgan fingerprint density at radius 2 is 1.86 bits per heavy atom. The number of fused-ring (bicyclic) bond motifs is 1. The minimum atomic E-state index is 0.150. The number of likely N-dealkylation sites (tertiary alicyclic amines) is 1. The molecule has 196 valence electrons. The molecular formula is C30H40N6O. The number of nitrogens with one attached hydrogen (secondary N) is 3. The van der Waals surface area contributed by atoms with Gasteiger partial charge in [0.2, 0.25) is 5.91 Å². The lowest BCUT2D eigenvalue weighted by Crippen LogP contribution is -2.42. The van der Waals surface area contributed by atoms with Crippen molar-refractivity contribution >= 4 is 22.5 Å². The molecule has 1 aromatic carbocycles. The summed E-state index contributed by atoms with van der Waals surface area (Å²) in [6.45, 7) is 6.54. The van der Waals surface area contributed by atoms with Gasteiger partial charge in [0.25, 0.3) is 0 Å². The Kier molecular flexibility index (Phi) is 8.98. The number of pyridine rings is 2. The van der Waals surface area contributed by atoms with Crippen molar-refractivity contribution < 1.29 is 4.79 Å². The molecule has 37 heavy (non-hydrogen) atoms. The van der Waals surface area contributed by atoms with E-state index in [9.17, 15) is 4.79 Å². The highest BCUT2D eigenvalue weighted by molar-refractivity contribution is 5.93. The number of carbonyl (C=O) groups is 1. The summed E-state index contributed by atoms with van der Waals surface area (Å²) in [5.74, 6) is 0.150. The second-order valence-corrected chi connectivity index (χ2v) is 10.4. The van der Waals surface area contributed by atoms with Gasteiger partial charge in [-0.25, -0.2) is 4.98 Å². The Labute approximate surface area is 220 Å². The molecule has 3 aromatic rings. The van der Waals surface area contributed by atoms with Gasteiger partial charge in [-0.05, 0) is 88.9 Å². The van der Waals surface area contributed by atoms with Gasteiger partial charge in [-0.2, -0.15) is 0 Å². The van der Waals surface area contributed by atoms with Crippen LogP contribution in [0, 0.1) is 0 Å². The highest BCUT2D eigenvalue weighted by Crippen LogP contribution is 2.28. The van der Waals surface area contributed by atoms with Gasteiger partial charge in [-0.15, -0.1) is 0 Å². The summed E-state index contributed by atoms with van der Waals surface area (Å²) < 4.78 is 0. The zero-order chi connectivity index (χ0) is 25.3. The number of benzene rings is 1. The molecule has 2 saturated heterocycles. The summed E-state index contributed by atoms with van der Waals surface area (Å²) in [5, 5.41) is 11.2. The number of amides is 1. The average molecular weight is 501 g/mol. The van der Waals surface area contributed by atoms with Gasteiger partial charge >= 0.3 is 0 Å². The number of anilines is 1. The van der Waals surface area contributed by atoms with Crippen LogP contribution in [-0.4, -0.2) is 66.1 Å². The van der Waals surface area contributed by atoms with Crippen LogP contribution in [0.1, 0.15) is 50.5 Å². The van der Waals surface area contributed by atoms with Gasteiger partial charge in [0.15, 0.2) is 0 Å². The molecule has 7 nitrogen and oxygen atoms in total. The summed E-state index contributed by atoms with van der Waals surface area (Å²) in [6, 6.07) is 12.9. The molecule has 0 unspecified atom stereocenters. The monoisotopic (exact) mass is 500 g/mol. The lowest BCUT2D eigenvalue weighted by atomic mass is 10.0. The van der Waals surface area contributed by atoms with Gasteiger partial charge in [0.05, 0.1) is 11.2 Å². The van der Waals surface area contributed by atoms with Crippen LogP contribution in [0.2, 0.25) is 0 Å². The van der Waals surface area contributed by atoms with E-state index in [4.69, 9.17) is 4.98 Å². The Hall–Kier alpha value is -3.03. The quantitative estimate of drug-likeness (QED) is 0.358. The molecule has 0 aliphatic carbocycles. The summed E-state index contributed by atoms with van der Waals surface area (Å²) in [4.78, 5) is 24.2. The van der Waals surface area contributed by atoms with E-state index < -0.39 is 0 Å². The highest BCUT2D eigenvalue weighted by atomic mass is 16.1. The summed E-state index contributed by atoms with van der Waals surface area (Å²) in [5.41, 5.74) is 5.24. The molecular weight excluding hydrogens is 460 g/mol. The van der Waals surface area contributed by atoms with E-state index in [0.717, 1.165) is 79.7 Å². The molecule has 0 atom stereocenters. The van der Waals surface area contributed by atoms with E-state index >= 15 is 0 Å².